The molecule has 0 fully saturated rings. The first-order valence-electron chi connectivity index (χ1n) is 6.01. The SMILES string of the molecule is COc1ccc(C(F)(F)CC(C)(C)CC(=O)O)c(Br)c1. The number of hydrogen-bond donors (Lipinski definition) is 1. The molecule has 1 aromatic rings. The Morgan fingerprint density at radius 1 is 1.40 bits per heavy atom. The Morgan fingerprint density at radius 3 is 2.45 bits per heavy atom. The second-order valence-electron chi connectivity index (χ2n) is 5.46. The summed E-state index contributed by atoms with van der Waals surface area (Å²) in [5.41, 5.74) is -1.17. The molecule has 0 amide bonds. The number of rotatable bonds is 6. The number of carbonyl (C=O) groups is 1. The van der Waals surface area contributed by atoms with Gasteiger partial charge < -0.3 is 9.84 Å². The van der Waals surface area contributed by atoms with Crippen LogP contribution in [0, 0.1) is 5.41 Å². The number of methoxy groups -OCH3 is 1. The van der Waals surface area contributed by atoms with Crippen LogP contribution in [0.2, 0.25) is 0 Å². The summed E-state index contributed by atoms with van der Waals surface area (Å²) in [6.45, 7) is 3.04. The third-order valence-electron chi connectivity index (χ3n) is 2.90. The molecule has 0 aliphatic carbocycles. The highest BCUT2D eigenvalue weighted by Gasteiger charge is 2.40. The minimum atomic E-state index is -3.12. The maximum Gasteiger partial charge on any atom is 0.303 e. The minimum Gasteiger partial charge on any atom is -0.497 e. The van der Waals surface area contributed by atoms with Crippen molar-refractivity contribution in [2.45, 2.75) is 32.6 Å². The van der Waals surface area contributed by atoms with Gasteiger partial charge in [-0.15, -0.1) is 0 Å². The first kappa shape index (κ1) is 16.9. The Morgan fingerprint density at radius 2 is 2.00 bits per heavy atom. The Bertz CT molecular complexity index is 501. The summed E-state index contributed by atoms with van der Waals surface area (Å²) in [5.74, 6) is -3.73. The standard InChI is InChI=1S/C14H17BrF2O3/c1-13(2,7-12(18)19)8-14(16,17)10-5-4-9(20-3)6-11(10)15/h4-6H,7-8H2,1-3H3,(H,18,19). The fourth-order valence-corrected chi connectivity index (χ4v) is 2.74. The Kier molecular flexibility index (Phi) is 5.13. The molecule has 6 heteroatoms. The van der Waals surface area contributed by atoms with Gasteiger partial charge in [0.15, 0.2) is 0 Å². The molecular formula is C14H17BrF2O3. The van der Waals surface area contributed by atoms with E-state index in [0.717, 1.165) is 0 Å². The van der Waals surface area contributed by atoms with Crippen LogP contribution in [0.25, 0.3) is 0 Å². The summed E-state index contributed by atoms with van der Waals surface area (Å²) in [6, 6.07) is 4.21. The fraction of sp³-hybridized carbons (Fsp3) is 0.500. The first-order valence-corrected chi connectivity index (χ1v) is 6.80. The molecule has 0 radical (unpaired) electrons. The molecule has 0 saturated carbocycles. The number of carboxylic acid groups (broad SMARTS) is 1. The zero-order chi connectivity index (χ0) is 15.6. The highest BCUT2D eigenvalue weighted by atomic mass is 79.9. The lowest BCUT2D eigenvalue weighted by atomic mass is 9.81. The van der Waals surface area contributed by atoms with Crippen LogP contribution in [0.1, 0.15) is 32.3 Å². The van der Waals surface area contributed by atoms with Crippen molar-refractivity contribution in [1.82, 2.24) is 0 Å². The highest BCUT2D eigenvalue weighted by molar-refractivity contribution is 9.10. The third-order valence-corrected chi connectivity index (χ3v) is 3.56. The summed E-state index contributed by atoms with van der Waals surface area (Å²) in [5, 5.41) is 8.77. The van der Waals surface area contributed by atoms with Crippen molar-refractivity contribution < 1.29 is 23.4 Å². The van der Waals surface area contributed by atoms with Crippen LogP contribution in [-0.4, -0.2) is 18.2 Å². The third kappa shape index (κ3) is 4.44. The van der Waals surface area contributed by atoms with Crippen LogP contribution in [0.15, 0.2) is 22.7 Å². The average Bonchev–Trinajstić information content (AvgIpc) is 2.24. The van der Waals surface area contributed by atoms with Gasteiger partial charge in [0, 0.05) is 16.5 Å². The number of alkyl halides is 2. The Hall–Kier alpha value is -1.17. The lowest BCUT2D eigenvalue weighted by Gasteiger charge is -2.29. The van der Waals surface area contributed by atoms with E-state index in [-0.39, 0.29) is 16.5 Å². The molecule has 1 aromatic carbocycles. The first-order chi connectivity index (χ1) is 9.07. The smallest absolute Gasteiger partial charge is 0.303 e. The van der Waals surface area contributed by atoms with Crippen LogP contribution in [-0.2, 0) is 10.7 Å². The van der Waals surface area contributed by atoms with E-state index in [1.54, 1.807) is 0 Å². The molecule has 0 unspecified atom stereocenters. The normalized spacial score (nSPS) is 12.3. The van der Waals surface area contributed by atoms with Gasteiger partial charge in [0.05, 0.1) is 13.5 Å². The van der Waals surface area contributed by atoms with Gasteiger partial charge in [-0.3, -0.25) is 4.79 Å². The lowest BCUT2D eigenvalue weighted by Crippen LogP contribution is -2.27. The molecule has 0 bridgehead atoms. The fourth-order valence-electron chi connectivity index (χ4n) is 2.09. The number of carboxylic acids is 1. The number of aliphatic carboxylic acids is 1. The molecule has 20 heavy (non-hydrogen) atoms. The number of halogens is 3. The van der Waals surface area contributed by atoms with E-state index in [1.165, 1.54) is 39.2 Å². The van der Waals surface area contributed by atoms with Crippen LogP contribution in [0.5, 0.6) is 5.75 Å². The molecule has 1 rings (SSSR count). The molecule has 0 saturated heterocycles. The van der Waals surface area contributed by atoms with Gasteiger partial charge in [0.2, 0.25) is 0 Å². The molecule has 0 atom stereocenters. The molecule has 0 aliphatic heterocycles. The monoisotopic (exact) mass is 350 g/mol. The molecule has 0 spiro atoms. The molecule has 0 heterocycles. The summed E-state index contributed by atoms with van der Waals surface area (Å²) in [4.78, 5) is 10.7. The lowest BCUT2D eigenvalue weighted by molar-refractivity contribution is -0.140. The second-order valence-corrected chi connectivity index (χ2v) is 6.32. The summed E-state index contributed by atoms with van der Waals surface area (Å²) in [7, 11) is 1.45. The predicted molar refractivity (Wildman–Crippen MR) is 75.2 cm³/mol. The quantitative estimate of drug-likeness (QED) is 0.824. The van der Waals surface area contributed by atoms with Crippen molar-refractivity contribution >= 4 is 21.9 Å². The van der Waals surface area contributed by atoms with Crippen molar-refractivity contribution in [2.24, 2.45) is 5.41 Å². The second kappa shape index (κ2) is 6.08. The van der Waals surface area contributed by atoms with Gasteiger partial charge >= 0.3 is 5.97 Å². The van der Waals surface area contributed by atoms with E-state index in [1.807, 2.05) is 0 Å². The van der Waals surface area contributed by atoms with Crippen LogP contribution in [0.4, 0.5) is 8.78 Å². The molecule has 0 aromatic heterocycles. The van der Waals surface area contributed by atoms with Gasteiger partial charge in [-0.1, -0.05) is 29.8 Å². The van der Waals surface area contributed by atoms with Gasteiger partial charge in [-0.25, -0.2) is 8.78 Å². The van der Waals surface area contributed by atoms with Crippen molar-refractivity contribution in [2.75, 3.05) is 7.11 Å². The van der Waals surface area contributed by atoms with Crippen molar-refractivity contribution in [3.8, 4) is 5.75 Å². The zero-order valence-corrected chi connectivity index (χ0v) is 13.1. The number of ether oxygens (including phenoxy) is 1. The molecular weight excluding hydrogens is 334 g/mol. The minimum absolute atomic E-state index is 0.170. The van der Waals surface area contributed by atoms with E-state index in [0.29, 0.717) is 5.75 Å². The van der Waals surface area contributed by atoms with E-state index in [9.17, 15) is 13.6 Å². The summed E-state index contributed by atoms with van der Waals surface area (Å²) >= 11 is 3.11. The predicted octanol–water partition coefficient (Wildman–Crippen LogP) is 4.44. The van der Waals surface area contributed by atoms with E-state index in [4.69, 9.17) is 9.84 Å². The van der Waals surface area contributed by atoms with Crippen molar-refractivity contribution in [3.05, 3.63) is 28.2 Å². The molecule has 1 N–H and O–H groups in total. The van der Waals surface area contributed by atoms with E-state index in [2.05, 4.69) is 15.9 Å². The van der Waals surface area contributed by atoms with Gasteiger partial charge in [-0.05, 0) is 23.6 Å². The maximum atomic E-state index is 14.3. The zero-order valence-electron chi connectivity index (χ0n) is 11.5. The highest BCUT2D eigenvalue weighted by Crippen LogP contribution is 2.44. The summed E-state index contributed by atoms with van der Waals surface area (Å²) in [6.07, 6.45) is -0.854. The van der Waals surface area contributed by atoms with Crippen LogP contribution >= 0.6 is 15.9 Å². The Labute approximate surface area is 125 Å². The van der Waals surface area contributed by atoms with E-state index >= 15 is 0 Å². The molecule has 3 nitrogen and oxygen atoms in total. The Balaban J connectivity index is 3.01. The number of benzene rings is 1. The van der Waals surface area contributed by atoms with Crippen LogP contribution in [0.3, 0.4) is 0 Å². The van der Waals surface area contributed by atoms with E-state index < -0.39 is 23.7 Å². The van der Waals surface area contributed by atoms with Gasteiger partial charge in [0.1, 0.15) is 5.75 Å². The van der Waals surface area contributed by atoms with Gasteiger partial charge in [-0.2, -0.15) is 0 Å². The van der Waals surface area contributed by atoms with Crippen molar-refractivity contribution in [1.29, 1.82) is 0 Å². The molecule has 112 valence electrons. The largest absolute Gasteiger partial charge is 0.497 e. The van der Waals surface area contributed by atoms with Gasteiger partial charge in [0.25, 0.3) is 5.92 Å². The number of hydrogen-bond acceptors (Lipinski definition) is 2. The average molecular weight is 351 g/mol. The summed E-state index contributed by atoms with van der Waals surface area (Å²) < 4.78 is 33.9. The maximum absolute atomic E-state index is 14.3. The topological polar surface area (TPSA) is 46.5 Å². The van der Waals surface area contributed by atoms with Crippen LogP contribution < -0.4 is 4.74 Å². The van der Waals surface area contributed by atoms with Crippen molar-refractivity contribution in [3.63, 3.8) is 0 Å². The molecule has 0 aliphatic rings.